The van der Waals surface area contributed by atoms with E-state index in [1.54, 1.807) is 0 Å². The minimum Gasteiger partial charge on any atom is -0.462 e. The van der Waals surface area contributed by atoms with Crippen LogP contribution in [0.3, 0.4) is 0 Å². The third kappa shape index (κ3) is 79.9. The average molecular weight is 1540 g/mol. The molecule has 0 saturated carbocycles. The van der Waals surface area contributed by atoms with Gasteiger partial charge in [-0.25, -0.2) is 9.13 Å². The lowest BCUT2D eigenvalue weighted by atomic mass is 10.0. The molecule has 0 aliphatic carbocycles. The predicted octanol–water partition coefficient (Wildman–Crippen LogP) is 26.5. The van der Waals surface area contributed by atoms with Crippen molar-refractivity contribution in [2.75, 3.05) is 39.6 Å². The molecule has 2 unspecified atom stereocenters. The quantitative estimate of drug-likeness (QED) is 0.0222. The Bertz CT molecular complexity index is 1980. The van der Waals surface area contributed by atoms with Crippen molar-refractivity contribution in [3.05, 3.63) is 0 Å². The Labute approximate surface area is 645 Å². The average Bonchev–Trinajstić information content (AvgIpc) is 0.908. The maximum absolute atomic E-state index is 13.1. The van der Waals surface area contributed by atoms with Crippen LogP contribution in [0, 0.1) is 0 Å². The van der Waals surface area contributed by atoms with Crippen LogP contribution in [0.2, 0.25) is 0 Å². The number of phosphoric ester groups is 2. The number of aliphatic hydroxyl groups excluding tert-OH is 1. The van der Waals surface area contributed by atoms with Crippen molar-refractivity contribution in [1.29, 1.82) is 0 Å². The van der Waals surface area contributed by atoms with E-state index in [9.17, 15) is 43.2 Å². The zero-order chi connectivity index (χ0) is 76.7. The first kappa shape index (κ1) is 103. The summed E-state index contributed by atoms with van der Waals surface area (Å²) in [5.41, 5.74) is 0. The first-order chi connectivity index (χ1) is 51.2. The number of aliphatic hydroxyl groups is 1. The van der Waals surface area contributed by atoms with Gasteiger partial charge in [-0.2, -0.15) is 0 Å². The molecule has 624 valence electrons. The second kappa shape index (κ2) is 80.1. The number of carbonyl (C=O) groups is 4. The van der Waals surface area contributed by atoms with Crippen LogP contribution in [0.15, 0.2) is 0 Å². The van der Waals surface area contributed by atoms with Gasteiger partial charge in [0.2, 0.25) is 0 Å². The molecule has 0 fully saturated rings. The Morgan fingerprint density at radius 3 is 0.562 bits per heavy atom. The van der Waals surface area contributed by atoms with Crippen LogP contribution in [0.5, 0.6) is 0 Å². The van der Waals surface area contributed by atoms with Crippen LogP contribution in [0.4, 0.5) is 0 Å². The molecule has 105 heavy (non-hydrogen) atoms. The van der Waals surface area contributed by atoms with Gasteiger partial charge in [-0.1, -0.05) is 419 Å². The van der Waals surface area contributed by atoms with Gasteiger partial charge in [-0.05, 0) is 25.7 Å². The van der Waals surface area contributed by atoms with Crippen LogP contribution in [0.1, 0.15) is 471 Å². The summed E-state index contributed by atoms with van der Waals surface area (Å²) in [5.74, 6) is -2.10. The molecule has 0 bridgehead atoms. The monoisotopic (exact) mass is 1540 g/mol. The van der Waals surface area contributed by atoms with Crippen LogP contribution in [-0.2, 0) is 65.4 Å². The maximum Gasteiger partial charge on any atom is 0.472 e. The molecule has 0 aromatic carbocycles. The third-order valence-corrected chi connectivity index (χ3v) is 22.3. The molecular formula is C86H168O17P2. The van der Waals surface area contributed by atoms with Crippen molar-refractivity contribution in [2.24, 2.45) is 0 Å². The zero-order valence-corrected chi connectivity index (χ0v) is 70.5. The molecule has 0 aromatic rings. The van der Waals surface area contributed by atoms with Crippen LogP contribution in [-0.4, -0.2) is 96.7 Å². The lowest BCUT2D eigenvalue weighted by molar-refractivity contribution is -0.161. The topological polar surface area (TPSA) is 237 Å². The largest absolute Gasteiger partial charge is 0.472 e. The van der Waals surface area contributed by atoms with Gasteiger partial charge < -0.3 is 33.8 Å². The fourth-order valence-electron chi connectivity index (χ4n) is 13.5. The lowest BCUT2D eigenvalue weighted by Crippen LogP contribution is -2.30. The van der Waals surface area contributed by atoms with Crippen molar-refractivity contribution in [3.8, 4) is 0 Å². The Hall–Kier alpha value is -1.94. The van der Waals surface area contributed by atoms with E-state index in [0.29, 0.717) is 25.7 Å². The molecular weight excluding hydrogens is 1370 g/mol. The predicted molar refractivity (Wildman–Crippen MR) is 432 cm³/mol. The van der Waals surface area contributed by atoms with Gasteiger partial charge in [0, 0.05) is 25.7 Å². The molecule has 0 aromatic heterocycles. The summed E-state index contributed by atoms with van der Waals surface area (Å²) in [7, 11) is -9.92. The van der Waals surface area contributed by atoms with E-state index in [1.807, 2.05) is 0 Å². The summed E-state index contributed by atoms with van der Waals surface area (Å²) in [4.78, 5) is 73.2. The summed E-state index contributed by atoms with van der Waals surface area (Å²) in [6.07, 6.45) is 75.0. The van der Waals surface area contributed by atoms with Gasteiger partial charge in [0.1, 0.15) is 19.3 Å². The molecule has 0 rings (SSSR count). The minimum atomic E-state index is -4.96. The van der Waals surface area contributed by atoms with Gasteiger partial charge in [-0.3, -0.25) is 37.3 Å². The molecule has 0 heterocycles. The number of hydrogen-bond acceptors (Lipinski definition) is 15. The highest BCUT2D eigenvalue weighted by molar-refractivity contribution is 7.47. The molecule has 0 radical (unpaired) electrons. The number of carbonyl (C=O) groups excluding carboxylic acids is 4. The molecule has 3 N–H and O–H groups in total. The highest BCUT2D eigenvalue weighted by atomic mass is 31.2. The van der Waals surface area contributed by atoms with Crippen molar-refractivity contribution in [1.82, 2.24) is 0 Å². The maximum atomic E-state index is 13.1. The molecule has 5 atom stereocenters. The Morgan fingerprint density at radius 1 is 0.229 bits per heavy atom. The number of esters is 4. The zero-order valence-electron chi connectivity index (χ0n) is 68.7. The highest BCUT2D eigenvalue weighted by Crippen LogP contribution is 2.45. The van der Waals surface area contributed by atoms with Gasteiger partial charge in [0.05, 0.1) is 26.4 Å². The third-order valence-electron chi connectivity index (χ3n) is 20.4. The van der Waals surface area contributed by atoms with Gasteiger partial charge in [0.15, 0.2) is 12.2 Å². The van der Waals surface area contributed by atoms with Crippen molar-refractivity contribution >= 4 is 39.5 Å². The standard InChI is InChI=1S/C86H168O17P2/c1-5-9-13-17-21-25-29-32-35-38-39-40-41-42-43-46-49-53-57-61-65-69-73-86(91)103-82(77-97-84(89)71-67-63-59-55-51-47-44-36-33-30-26-22-18-14-10-6-2)79-101-105(94,95)99-75-80(87)74-98-104(92,93)100-78-81(76-96-83(88)70-66-62-58-54-50-28-24-20-16-12-8-4)102-85(90)72-68-64-60-56-52-48-45-37-34-31-27-23-19-15-11-7-3/h80-82,87H,5-79H2,1-4H3,(H,92,93)(H,94,95)/t80-,81+,82+/m0/s1. The molecule has 0 aliphatic heterocycles. The number of phosphoric acid groups is 2. The van der Waals surface area contributed by atoms with Gasteiger partial charge in [0.25, 0.3) is 0 Å². The van der Waals surface area contributed by atoms with E-state index >= 15 is 0 Å². The summed E-state index contributed by atoms with van der Waals surface area (Å²) in [5, 5.41) is 10.7. The number of unbranched alkanes of at least 4 members (excludes halogenated alkanes) is 61. The fourth-order valence-corrected chi connectivity index (χ4v) is 15.1. The van der Waals surface area contributed by atoms with Crippen LogP contribution in [0.25, 0.3) is 0 Å². The molecule has 0 aliphatic rings. The number of ether oxygens (including phenoxy) is 4. The lowest BCUT2D eigenvalue weighted by Gasteiger charge is -2.21. The second-order valence-electron chi connectivity index (χ2n) is 30.9. The molecule has 0 amide bonds. The van der Waals surface area contributed by atoms with Crippen molar-refractivity contribution in [2.45, 2.75) is 489 Å². The van der Waals surface area contributed by atoms with Crippen LogP contribution >= 0.6 is 15.6 Å². The Balaban J connectivity index is 5.22. The van der Waals surface area contributed by atoms with E-state index in [-0.39, 0.29) is 25.7 Å². The summed E-state index contributed by atoms with van der Waals surface area (Å²) < 4.78 is 68.9. The molecule has 0 saturated heterocycles. The molecule has 0 spiro atoms. The van der Waals surface area contributed by atoms with E-state index in [0.717, 1.165) is 89.9 Å². The minimum absolute atomic E-state index is 0.109. The van der Waals surface area contributed by atoms with Gasteiger partial charge in [-0.15, -0.1) is 0 Å². The summed E-state index contributed by atoms with van der Waals surface area (Å²) in [6, 6.07) is 0. The van der Waals surface area contributed by atoms with E-state index in [2.05, 4.69) is 27.7 Å². The van der Waals surface area contributed by atoms with E-state index in [1.165, 1.54) is 302 Å². The summed E-state index contributed by atoms with van der Waals surface area (Å²) >= 11 is 0. The number of hydrogen-bond donors (Lipinski definition) is 3. The molecule has 17 nitrogen and oxygen atoms in total. The Kier molecular flexibility index (Phi) is 78.6. The first-order valence-electron chi connectivity index (χ1n) is 44.8. The number of rotatable bonds is 87. The van der Waals surface area contributed by atoms with E-state index < -0.39 is 97.5 Å². The van der Waals surface area contributed by atoms with Crippen molar-refractivity contribution in [3.63, 3.8) is 0 Å². The first-order valence-corrected chi connectivity index (χ1v) is 47.8. The van der Waals surface area contributed by atoms with Crippen LogP contribution < -0.4 is 0 Å². The molecule has 19 heteroatoms. The van der Waals surface area contributed by atoms with E-state index in [4.69, 9.17) is 37.0 Å². The van der Waals surface area contributed by atoms with Gasteiger partial charge >= 0.3 is 39.5 Å². The summed E-state index contributed by atoms with van der Waals surface area (Å²) in [6.45, 7) is 5.06. The van der Waals surface area contributed by atoms with Crippen molar-refractivity contribution < 1.29 is 80.2 Å². The SMILES string of the molecule is CCCCCCCCCCCCCCCCCCCCCCCCC(=O)O[C@H](COC(=O)CCCCCCCCCCCCCCCCCC)COP(=O)(O)OC[C@@H](O)COP(=O)(O)OC[C@@H](COC(=O)CCCCCCCCCCCCC)OC(=O)CCCCCCCCCCCCCCCCCC. The Morgan fingerprint density at radius 2 is 0.381 bits per heavy atom. The highest BCUT2D eigenvalue weighted by Gasteiger charge is 2.30. The fraction of sp³-hybridized carbons (Fsp3) is 0.953. The smallest absolute Gasteiger partial charge is 0.462 e. The second-order valence-corrected chi connectivity index (χ2v) is 33.8. The normalized spacial score (nSPS) is 13.7.